The molecule has 0 aromatic heterocycles. The average molecular weight is 356 g/mol. The lowest BCUT2D eigenvalue weighted by molar-refractivity contribution is -0.150. The molecular weight excluding hydrogens is 341 g/mol. The highest BCUT2D eigenvalue weighted by Crippen LogP contribution is 2.32. The molecule has 9 heteroatoms. The van der Waals surface area contributed by atoms with Gasteiger partial charge in [0.2, 0.25) is 17.5 Å². The third-order valence-electron chi connectivity index (χ3n) is 4.59. The van der Waals surface area contributed by atoms with Gasteiger partial charge in [-0.05, 0) is 12.1 Å². The molecule has 0 bridgehead atoms. The number of anilines is 1. The predicted octanol–water partition coefficient (Wildman–Crippen LogP) is 1.34. The number of hydrogen-bond acceptors (Lipinski definition) is 3. The molecule has 2 unspecified atom stereocenters. The van der Waals surface area contributed by atoms with Crippen LogP contribution in [-0.2, 0) is 14.4 Å². The maximum atomic E-state index is 14.1. The fourth-order valence-electron chi connectivity index (χ4n) is 3.20. The molecule has 2 fully saturated rings. The van der Waals surface area contributed by atoms with Crippen molar-refractivity contribution in [2.45, 2.75) is 18.5 Å². The van der Waals surface area contributed by atoms with Gasteiger partial charge in [0.1, 0.15) is 11.6 Å². The number of hydrogen-bond donors (Lipinski definition) is 1. The number of carbonyl (C=O) groups is 3. The molecule has 2 atom stereocenters. The Morgan fingerprint density at radius 3 is 2.60 bits per heavy atom. The van der Waals surface area contributed by atoms with Gasteiger partial charge in [-0.3, -0.25) is 9.59 Å². The summed E-state index contributed by atoms with van der Waals surface area (Å²) in [5.41, 5.74) is -2.62. The van der Waals surface area contributed by atoms with Crippen molar-refractivity contribution in [2.24, 2.45) is 5.92 Å². The minimum absolute atomic E-state index is 0.0583. The van der Waals surface area contributed by atoms with E-state index in [2.05, 4.69) is 0 Å². The second kappa shape index (κ2) is 6.05. The van der Waals surface area contributed by atoms with Crippen LogP contribution >= 0.6 is 0 Å². The number of rotatable bonds is 3. The van der Waals surface area contributed by atoms with Gasteiger partial charge in [-0.25, -0.2) is 18.0 Å². The Balaban J connectivity index is 1.72. The number of nitrogens with zero attached hydrogens (tertiary/aromatic N) is 2. The van der Waals surface area contributed by atoms with Crippen molar-refractivity contribution in [2.75, 3.05) is 24.5 Å². The third kappa shape index (κ3) is 3.06. The van der Waals surface area contributed by atoms with Gasteiger partial charge in [0.25, 0.3) is 0 Å². The van der Waals surface area contributed by atoms with E-state index in [1.165, 1.54) is 0 Å². The summed E-state index contributed by atoms with van der Waals surface area (Å²) in [6.07, 6.45) is -0.510. The van der Waals surface area contributed by atoms with Gasteiger partial charge >= 0.3 is 5.97 Å². The monoisotopic (exact) mass is 356 g/mol. The first-order valence-corrected chi connectivity index (χ1v) is 7.68. The zero-order valence-electron chi connectivity index (χ0n) is 13.0. The molecule has 2 amide bonds. The van der Waals surface area contributed by atoms with E-state index in [0.717, 1.165) is 21.9 Å². The Labute approximate surface area is 140 Å². The van der Waals surface area contributed by atoms with Crippen molar-refractivity contribution in [1.82, 2.24) is 4.90 Å². The summed E-state index contributed by atoms with van der Waals surface area (Å²) in [7, 11) is 0. The van der Waals surface area contributed by atoms with Crippen molar-refractivity contribution >= 4 is 23.5 Å². The number of aliphatic carboxylic acids is 1. The zero-order valence-corrected chi connectivity index (χ0v) is 13.0. The number of carboxylic acids is 1. The molecule has 134 valence electrons. The van der Waals surface area contributed by atoms with E-state index < -0.39 is 47.5 Å². The number of alkyl halides is 1. The molecule has 2 aliphatic heterocycles. The first kappa shape index (κ1) is 17.2. The SMILES string of the molecule is O=C(C1CC(=O)N(c2ccc(F)cc2F)C1)N1CCC(F)(C(=O)O)C1. The molecule has 0 spiro atoms. The lowest BCUT2D eigenvalue weighted by Gasteiger charge is -2.21. The van der Waals surface area contributed by atoms with Gasteiger partial charge in [0.15, 0.2) is 0 Å². The summed E-state index contributed by atoms with van der Waals surface area (Å²) >= 11 is 0. The molecule has 0 aliphatic carbocycles. The second-order valence-corrected chi connectivity index (χ2v) is 6.28. The van der Waals surface area contributed by atoms with Crippen molar-refractivity contribution in [1.29, 1.82) is 0 Å². The molecule has 2 aliphatic rings. The first-order chi connectivity index (χ1) is 11.7. The topological polar surface area (TPSA) is 77.9 Å². The molecule has 6 nitrogen and oxygen atoms in total. The molecule has 0 saturated carbocycles. The highest BCUT2D eigenvalue weighted by Gasteiger charge is 2.49. The number of carbonyl (C=O) groups excluding carboxylic acids is 2. The van der Waals surface area contributed by atoms with Crippen LogP contribution in [0.2, 0.25) is 0 Å². The van der Waals surface area contributed by atoms with Crippen molar-refractivity contribution in [3.8, 4) is 0 Å². The lowest BCUT2D eigenvalue weighted by Crippen LogP contribution is -2.41. The molecule has 1 aromatic rings. The molecule has 0 radical (unpaired) electrons. The first-order valence-electron chi connectivity index (χ1n) is 7.68. The third-order valence-corrected chi connectivity index (χ3v) is 4.59. The Morgan fingerprint density at radius 1 is 1.28 bits per heavy atom. The van der Waals surface area contributed by atoms with Crippen LogP contribution < -0.4 is 4.90 Å². The summed E-state index contributed by atoms with van der Waals surface area (Å²) in [6.45, 7) is -0.753. The molecule has 1 aromatic carbocycles. The average Bonchev–Trinajstić information content (AvgIpc) is 3.11. The van der Waals surface area contributed by atoms with Crippen LogP contribution in [0.4, 0.5) is 18.9 Å². The van der Waals surface area contributed by atoms with Gasteiger partial charge in [0.05, 0.1) is 18.2 Å². The standard InChI is InChI=1S/C16H15F3N2O4/c17-10-1-2-12(11(18)6-10)21-7-9(5-13(21)22)14(23)20-4-3-16(19,8-20)15(24)25/h1-2,6,9H,3-5,7-8H2,(H,24,25). The van der Waals surface area contributed by atoms with Gasteiger partial charge < -0.3 is 14.9 Å². The minimum atomic E-state index is -2.49. The normalized spacial score (nSPS) is 26.4. The zero-order chi connectivity index (χ0) is 18.4. The summed E-state index contributed by atoms with van der Waals surface area (Å²) in [5.74, 6) is -5.21. The number of halogens is 3. The highest BCUT2D eigenvalue weighted by molar-refractivity contribution is 6.00. The van der Waals surface area contributed by atoms with E-state index in [0.29, 0.717) is 6.07 Å². The van der Waals surface area contributed by atoms with E-state index in [9.17, 15) is 27.6 Å². The van der Waals surface area contributed by atoms with Gasteiger partial charge in [-0.2, -0.15) is 0 Å². The summed E-state index contributed by atoms with van der Waals surface area (Å²) in [4.78, 5) is 37.6. The minimum Gasteiger partial charge on any atom is -0.479 e. The second-order valence-electron chi connectivity index (χ2n) is 6.28. The Bertz CT molecular complexity index is 757. The lowest BCUT2D eigenvalue weighted by atomic mass is 10.1. The maximum Gasteiger partial charge on any atom is 0.343 e. The van der Waals surface area contributed by atoms with Gasteiger partial charge in [-0.15, -0.1) is 0 Å². The van der Waals surface area contributed by atoms with E-state index >= 15 is 0 Å². The largest absolute Gasteiger partial charge is 0.479 e. The van der Waals surface area contributed by atoms with Crippen LogP contribution in [0.15, 0.2) is 18.2 Å². The Kier molecular flexibility index (Phi) is 4.18. The quantitative estimate of drug-likeness (QED) is 0.887. The van der Waals surface area contributed by atoms with Crippen LogP contribution in [0.25, 0.3) is 0 Å². The van der Waals surface area contributed by atoms with E-state index in [-0.39, 0.29) is 31.6 Å². The summed E-state index contributed by atoms with van der Waals surface area (Å²) < 4.78 is 40.9. The fraction of sp³-hybridized carbons (Fsp3) is 0.438. The molecule has 2 heterocycles. The van der Waals surface area contributed by atoms with Crippen LogP contribution in [0.5, 0.6) is 0 Å². The molecule has 25 heavy (non-hydrogen) atoms. The molecular formula is C16H15F3N2O4. The molecule has 3 rings (SSSR count). The van der Waals surface area contributed by atoms with Gasteiger partial charge in [0, 0.05) is 32.0 Å². The summed E-state index contributed by atoms with van der Waals surface area (Å²) in [6, 6.07) is 2.76. The van der Waals surface area contributed by atoms with Crippen LogP contribution in [0.1, 0.15) is 12.8 Å². The molecule has 1 N–H and O–H groups in total. The van der Waals surface area contributed by atoms with Crippen LogP contribution in [-0.4, -0.2) is 53.1 Å². The maximum absolute atomic E-state index is 14.1. The number of amides is 2. The van der Waals surface area contributed by atoms with Crippen LogP contribution in [0, 0.1) is 17.6 Å². The van der Waals surface area contributed by atoms with E-state index in [1.807, 2.05) is 0 Å². The fourth-order valence-corrected chi connectivity index (χ4v) is 3.20. The van der Waals surface area contributed by atoms with Crippen LogP contribution in [0.3, 0.4) is 0 Å². The highest BCUT2D eigenvalue weighted by atomic mass is 19.1. The van der Waals surface area contributed by atoms with E-state index in [1.54, 1.807) is 0 Å². The number of benzene rings is 1. The predicted molar refractivity (Wildman–Crippen MR) is 79.5 cm³/mol. The van der Waals surface area contributed by atoms with Gasteiger partial charge in [-0.1, -0.05) is 0 Å². The molecule has 2 saturated heterocycles. The van der Waals surface area contributed by atoms with E-state index in [4.69, 9.17) is 5.11 Å². The Morgan fingerprint density at radius 2 is 2.00 bits per heavy atom. The smallest absolute Gasteiger partial charge is 0.343 e. The van der Waals surface area contributed by atoms with Crippen molar-refractivity contribution < 1.29 is 32.7 Å². The summed E-state index contributed by atoms with van der Waals surface area (Å²) in [5, 5.41) is 8.88. The van der Waals surface area contributed by atoms with Crippen molar-refractivity contribution in [3.63, 3.8) is 0 Å². The number of carboxylic acid groups (broad SMARTS) is 1. The van der Waals surface area contributed by atoms with Crippen molar-refractivity contribution in [3.05, 3.63) is 29.8 Å². The number of likely N-dealkylation sites (tertiary alicyclic amines) is 1. The Hall–Kier alpha value is -2.58.